The van der Waals surface area contributed by atoms with Gasteiger partial charge in [0.05, 0.1) is 11.1 Å². The van der Waals surface area contributed by atoms with E-state index < -0.39 is 11.6 Å². The first kappa shape index (κ1) is 22.0. The number of thioether (sulfide) groups is 1. The molecule has 0 saturated carbocycles. The molecule has 0 N–H and O–H groups in total. The lowest BCUT2D eigenvalue weighted by atomic mass is 10.1. The van der Waals surface area contributed by atoms with Gasteiger partial charge in [-0.1, -0.05) is 37.3 Å². The Balaban J connectivity index is 1.29. The summed E-state index contributed by atoms with van der Waals surface area (Å²) in [4.78, 5) is 19.9. The smallest absolute Gasteiger partial charge is 0.274 e. The normalized spacial score (nSPS) is 15.1. The van der Waals surface area contributed by atoms with Gasteiger partial charge in [0.25, 0.3) is 5.19 Å². The molecule has 0 unspecified atom stereocenters. The minimum atomic E-state index is -0.683. The van der Waals surface area contributed by atoms with Crippen LogP contribution < -0.4 is 4.74 Å². The quantitative estimate of drug-likeness (QED) is 0.442. The molecule has 0 atom stereocenters. The van der Waals surface area contributed by atoms with Crippen LogP contribution in [-0.4, -0.2) is 40.2 Å². The van der Waals surface area contributed by atoms with Gasteiger partial charge in [0.2, 0.25) is 5.91 Å². The summed E-state index contributed by atoms with van der Waals surface area (Å²) in [6.07, 6.45) is 1.66. The molecule has 1 fully saturated rings. The number of aromatic nitrogens is 1. The van der Waals surface area contributed by atoms with Crippen LogP contribution in [0, 0.1) is 11.6 Å². The zero-order valence-electron chi connectivity index (χ0n) is 17.4. The summed E-state index contributed by atoms with van der Waals surface area (Å²) in [6, 6.07) is 10.3. The van der Waals surface area contributed by atoms with Crippen LogP contribution in [0.1, 0.15) is 32.3 Å². The summed E-state index contributed by atoms with van der Waals surface area (Å²) in [6.45, 7) is 5.53. The highest BCUT2D eigenvalue weighted by atomic mass is 32.2. The monoisotopic (exact) mass is 462 g/mol. The summed E-state index contributed by atoms with van der Waals surface area (Å²) < 4.78 is 33.5. The number of fused-ring (bicyclic) bond motifs is 1. The van der Waals surface area contributed by atoms with Crippen LogP contribution in [0.3, 0.4) is 0 Å². The fraction of sp³-hybridized carbons (Fsp3) is 0.391. The van der Waals surface area contributed by atoms with Gasteiger partial charge in [-0.15, -0.1) is 11.8 Å². The number of nitrogens with zero attached hydrogens (tertiary/aromatic N) is 2. The Morgan fingerprint density at radius 2 is 1.94 bits per heavy atom. The number of hydrogen-bond acceptors (Lipinski definition) is 5. The lowest BCUT2D eigenvalue weighted by Crippen LogP contribution is -2.42. The largest absolute Gasteiger partial charge is 0.467 e. The summed E-state index contributed by atoms with van der Waals surface area (Å²) in [7, 11) is 0. The van der Waals surface area contributed by atoms with Crippen LogP contribution in [0.4, 0.5) is 8.78 Å². The van der Waals surface area contributed by atoms with Crippen molar-refractivity contribution < 1.29 is 18.3 Å². The van der Waals surface area contributed by atoms with Crippen molar-refractivity contribution in [1.29, 1.82) is 0 Å². The Morgan fingerprint density at radius 1 is 1.23 bits per heavy atom. The highest BCUT2D eigenvalue weighted by molar-refractivity contribution is 7.99. The molecule has 31 heavy (non-hydrogen) atoms. The summed E-state index contributed by atoms with van der Waals surface area (Å²) >= 11 is 2.94. The van der Waals surface area contributed by atoms with Crippen molar-refractivity contribution in [2.75, 3.05) is 13.1 Å². The Labute approximate surface area is 188 Å². The van der Waals surface area contributed by atoms with E-state index in [2.05, 4.69) is 31.0 Å². The van der Waals surface area contributed by atoms with Gasteiger partial charge in [-0.2, -0.15) is 4.98 Å². The minimum Gasteiger partial charge on any atom is -0.467 e. The number of piperidine rings is 1. The molecule has 1 saturated heterocycles. The summed E-state index contributed by atoms with van der Waals surface area (Å²) in [5.74, 6) is -1.20. The predicted octanol–water partition coefficient (Wildman–Crippen LogP) is 5.69. The zero-order chi connectivity index (χ0) is 22.0. The molecular formula is C23H24F2N2O2S2. The van der Waals surface area contributed by atoms with Crippen molar-refractivity contribution in [3.05, 3.63) is 53.6 Å². The average Bonchev–Trinajstić information content (AvgIpc) is 3.12. The lowest BCUT2D eigenvalue weighted by Gasteiger charge is -2.31. The van der Waals surface area contributed by atoms with Gasteiger partial charge < -0.3 is 9.64 Å². The Morgan fingerprint density at radius 3 is 2.61 bits per heavy atom. The Kier molecular flexibility index (Phi) is 6.77. The molecule has 0 spiro atoms. The summed E-state index contributed by atoms with van der Waals surface area (Å²) in [5, 5.41) is 0.864. The number of ether oxygens (including phenoxy) is 1. The van der Waals surface area contributed by atoms with Crippen molar-refractivity contribution in [2.45, 2.75) is 49.4 Å². The first-order valence-corrected chi connectivity index (χ1v) is 12.0. The molecule has 0 bridgehead atoms. The van der Waals surface area contributed by atoms with Crippen LogP contribution in [-0.2, 0) is 11.2 Å². The molecule has 0 radical (unpaired) electrons. The van der Waals surface area contributed by atoms with E-state index in [9.17, 15) is 13.6 Å². The summed E-state index contributed by atoms with van der Waals surface area (Å²) in [5.41, 5.74) is 1.15. The van der Waals surface area contributed by atoms with E-state index in [4.69, 9.17) is 4.74 Å². The van der Waals surface area contributed by atoms with Crippen molar-refractivity contribution in [3.63, 3.8) is 0 Å². The lowest BCUT2D eigenvalue weighted by molar-refractivity contribution is -0.132. The third-order valence-electron chi connectivity index (χ3n) is 5.11. The number of amides is 1. The van der Waals surface area contributed by atoms with E-state index in [1.807, 2.05) is 17.0 Å². The van der Waals surface area contributed by atoms with E-state index >= 15 is 0 Å². The fourth-order valence-corrected chi connectivity index (χ4v) is 5.36. The number of carbonyl (C=O) groups excluding carboxylic acids is 1. The second-order valence-corrected chi connectivity index (χ2v) is 10.5. The van der Waals surface area contributed by atoms with Crippen molar-refractivity contribution in [2.24, 2.45) is 0 Å². The number of likely N-dealkylation sites (tertiary alicyclic amines) is 1. The third kappa shape index (κ3) is 5.54. The second-order valence-electron chi connectivity index (χ2n) is 7.90. The first-order chi connectivity index (χ1) is 14.9. The van der Waals surface area contributed by atoms with Crippen molar-refractivity contribution in [3.8, 4) is 5.19 Å². The van der Waals surface area contributed by atoms with E-state index in [1.165, 1.54) is 11.0 Å². The highest BCUT2D eigenvalue weighted by Crippen LogP contribution is 2.32. The molecular weight excluding hydrogens is 438 g/mol. The minimum absolute atomic E-state index is 0.0927. The highest BCUT2D eigenvalue weighted by Gasteiger charge is 2.25. The number of halogens is 2. The Bertz CT molecular complexity index is 1060. The zero-order valence-corrected chi connectivity index (χ0v) is 19.1. The molecule has 1 aliphatic heterocycles. The first-order valence-electron chi connectivity index (χ1n) is 10.3. The number of carbonyl (C=O) groups is 1. The molecule has 3 aromatic rings. The number of rotatable bonds is 6. The van der Waals surface area contributed by atoms with Gasteiger partial charge in [0, 0.05) is 42.1 Å². The molecule has 4 nitrogen and oxygen atoms in total. The van der Waals surface area contributed by atoms with E-state index in [1.54, 1.807) is 11.8 Å². The number of hydrogen-bond donors (Lipinski definition) is 0. The maximum atomic E-state index is 13.8. The molecule has 1 aliphatic rings. The fourth-order valence-electron chi connectivity index (χ4n) is 3.60. The molecule has 0 aliphatic carbocycles. The van der Waals surface area contributed by atoms with Crippen LogP contribution in [0.2, 0.25) is 0 Å². The van der Waals surface area contributed by atoms with Gasteiger partial charge in [0.15, 0.2) is 5.82 Å². The van der Waals surface area contributed by atoms with Crippen LogP contribution in [0.15, 0.2) is 41.3 Å². The van der Waals surface area contributed by atoms with E-state index in [0.29, 0.717) is 47.5 Å². The van der Waals surface area contributed by atoms with Crippen LogP contribution in [0.25, 0.3) is 10.2 Å². The van der Waals surface area contributed by atoms with Gasteiger partial charge in [-0.3, -0.25) is 4.79 Å². The molecule has 164 valence electrons. The molecule has 2 heterocycles. The molecule has 4 rings (SSSR count). The molecule has 2 aromatic carbocycles. The molecule has 8 heteroatoms. The molecule has 1 amide bonds. The standard InChI is InChI=1S/C23H24F2N2O2S2/c1-14(2)30-18-5-3-15(4-6-18)11-21(28)27-9-7-17(8-10-27)29-23-26-22-19(25)12-16(24)13-20(22)31-23/h3-6,12-14,17H,7-11H2,1-2H3. The van der Waals surface area contributed by atoms with Crippen LogP contribution in [0.5, 0.6) is 5.19 Å². The topological polar surface area (TPSA) is 42.4 Å². The van der Waals surface area contributed by atoms with Gasteiger partial charge >= 0.3 is 0 Å². The van der Waals surface area contributed by atoms with E-state index in [-0.39, 0.29) is 17.5 Å². The predicted molar refractivity (Wildman–Crippen MR) is 121 cm³/mol. The third-order valence-corrected chi connectivity index (χ3v) is 7.02. The van der Waals surface area contributed by atoms with Gasteiger partial charge in [0.1, 0.15) is 17.4 Å². The maximum Gasteiger partial charge on any atom is 0.274 e. The Hall–Kier alpha value is -2.19. The number of benzene rings is 2. The maximum absolute atomic E-state index is 13.8. The average molecular weight is 463 g/mol. The van der Waals surface area contributed by atoms with Gasteiger partial charge in [-0.25, -0.2) is 8.78 Å². The van der Waals surface area contributed by atoms with E-state index in [0.717, 1.165) is 23.0 Å². The molecule has 1 aromatic heterocycles. The van der Waals surface area contributed by atoms with Crippen molar-refractivity contribution >= 4 is 39.2 Å². The van der Waals surface area contributed by atoms with Crippen molar-refractivity contribution in [1.82, 2.24) is 9.88 Å². The number of thiazole rings is 1. The second kappa shape index (κ2) is 9.53. The van der Waals surface area contributed by atoms with Crippen LogP contribution >= 0.6 is 23.1 Å². The van der Waals surface area contributed by atoms with Gasteiger partial charge in [-0.05, 0) is 23.8 Å². The SMILES string of the molecule is CC(C)Sc1ccc(CC(=O)N2CCC(Oc3nc4c(F)cc(F)cc4s3)CC2)cc1.